The van der Waals surface area contributed by atoms with Crippen LogP contribution < -0.4 is 5.73 Å². The molecule has 0 aromatic heterocycles. The Labute approximate surface area is 80.5 Å². The van der Waals surface area contributed by atoms with Crippen molar-refractivity contribution in [3.8, 4) is 0 Å². The van der Waals surface area contributed by atoms with E-state index in [1.165, 1.54) is 0 Å². The van der Waals surface area contributed by atoms with Gasteiger partial charge in [-0.05, 0) is 24.6 Å². The Morgan fingerprint density at radius 2 is 1.92 bits per heavy atom. The van der Waals surface area contributed by atoms with Gasteiger partial charge in [-0.2, -0.15) is 0 Å². The Morgan fingerprint density at radius 3 is 2.33 bits per heavy atom. The Balaban J connectivity index is 2.96. The van der Waals surface area contributed by atoms with Crippen molar-refractivity contribution in [3.05, 3.63) is 34.3 Å². The maximum atomic E-state index is 9.75. The zero-order valence-corrected chi connectivity index (χ0v) is 8.51. The number of hydrogen-bond donors (Lipinski definition) is 2. The Kier molecular flexibility index (Phi) is 2.88. The molecule has 66 valence electrons. The highest BCUT2D eigenvalue weighted by molar-refractivity contribution is 9.10. The van der Waals surface area contributed by atoms with E-state index in [0.29, 0.717) is 0 Å². The normalized spacial score (nSPS) is 15.7. The minimum Gasteiger partial charge on any atom is -0.384 e. The molecule has 0 saturated heterocycles. The lowest BCUT2D eigenvalue weighted by molar-refractivity contribution is 0.0668. The second-order valence-corrected chi connectivity index (χ2v) is 3.90. The number of benzene rings is 1. The molecule has 3 heteroatoms. The van der Waals surface area contributed by atoms with E-state index in [0.717, 1.165) is 10.0 Å². The Bertz CT molecular complexity index is 256. The highest BCUT2D eigenvalue weighted by Gasteiger charge is 2.19. The van der Waals surface area contributed by atoms with Crippen molar-refractivity contribution in [2.75, 3.05) is 6.54 Å². The van der Waals surface area contributed by atoms with Crippen LogP contribution >= 0.6 is 15.9 Å². The summed E-state index contributed by atoms with van der Waals surface area (Å²) in [6.45, 7) is 1.94. The summed E-state index contributed by atoms with van der Waals surface area (Å²) in [6, 6.07) is 7.49. The number of rotatable bonds is 2. The van der Waals surface area contributed by atoms with E-state index in [1.807, 2.05) is 24.3 Å². The molecule has 2 nitrogen and oxygen atoms in total. The lowest BCUT2D eigenvalue weighted by atomic mass is 9.97. The van der Waals surface area contributed by atoms with Gasteiger partial charge in [-0.15, -0.1) is 0 Å². The molecule has 1 atom stereocenters. The lowest BCUT2D eigenvalue weighted by Crippen LogP contribution is -2.31. The van der Waals surface area contributed by atoms with Crippen LogP contribution in [0.5, 0.6) is 0 Å². The molecule has 3 N–H and O–H groups in total. The van der Waals surface area contributed by atoms with Crippen LogP contribution in [-0.4, -0.2) is 11.7 Å². The van der Waals surface area contributed by atoms with Gasteiger partial charge >= 0.3 is 0 Å². The van der Waals surface area contributed by atoms with Gasteiger partial charge in [0, 0.05) is 11.0 Å². The first-order valence-electron chi connectivity index (χ1n) is 3.75. The summed E-state index contributed by atoms with van der Waals surface area (Å²) in [4.78, 5) is 0. The highest BCUT2D eigenvalue weighted by atomic mass is 79.9. The molecule has 0 saturated carbocycles. The first-order chi connectivity index (χ1) is 5.56. The van der Waals surface area contributed by atoms with Crippen LogP contribution in [-0.2, 0) is 5.60 Å². The molecule has 0 spiro atoms. The predicted octanol–water partition coefficient (Wildman–Crippen LogP) is 1.62. The van der Waals surface area contributed by atoms with Gasteiger partial charge in [-0.25, -0.2) is 0 Å². The molecule has 0 fully saturated rings. The van der Waals surface area contributed by atoms with Gasteiger partial charge < -0.3 is 10.8 Å². The van der Waals surface area contributed by atoms with E-state index in [4.69, 9.17) is 5.73 Å². The second kappa shape index (κ2) is 3.56. The number of hydrogen-bond acceptors (Lipinski definition) is 2. The fourth-order valence-corrected chi connectivity index (χ4v) is 1.19. The summed E-state index contributed by atoms with van der Waals surface area (Å²) in [5.74, 6) is 0. The third kappa shape index (κ3) is 2.06. The SMILES string of the molecule is C[C@](O)(CN)c1ccc(Br)cc1. The van der Waals surface area contributed by atoms with Gasteiger partial charge in [-0.3, -0.25) is 0 Å². The second-order valence-electron chi connectivity index (χ2n) is 2.98. The van der Waals surface area contributed by atoms with Crippen LogP contribution in [0.3, 0.4) is 0 Å². The summed E-state index contributed by atoms with van der Waals surface area (Å²) in [5.41, 5.74) is 5.34. The molecule has 0 bridgehead atoms. The van der Waals surface area contributed by atoms with Crippen LogP contribution in [0.15, 0.2) is 28.7 Å². The molecule has 0 radical (unpaired) electrons. The molecule has 0 unspecified atom stereocenters. The number of aliphatic hydroxyl groups is 1. The maximum Gasteiger partial charge on any atom is 0.0990 e. The van der Waals surface area contributed by atoms with Gasteiger partial charge in [-0.1, -0.05) is 28.1 Å². The zero-order chi connectivity index (χ0) is 9.19. The van der Waals surface area contributed by atoms with Crippen molar-refractivity contribution >= 4 is 15.9 Å². The minimum absolute atomic E-state index is 0.231. The summed E-state index contributed by atoms with van der Waals surface area (Å²) in [7, 11) is 0. The largest absolute Gasteiger partial charge is 0.384 e. The summed E-state index contributed by atoms with van der Waals surface area (Å²) in [5, 5.41) is 9.75. The van der Waals surface area contributed by atoms with Crippen LogP contribution in [0, 0.1) is 0 Å². The van der Waals surface area contributed by atoms with E-state index in [1.54, 1.807) is 6.92 Å². The Morgan fingerprint density at radius 1 is 1.42 bits per heavy atom. The predicted molar refractivity (Wildman–Crippen MR) is 52.8 cm³/mol. The number of nitrogens with two attached hydrogens (primary N) is 1. The van der Waals surface area contributed by atoms with E-state index < -0.39 is 5.60 Å². The number of halogens is 1. The fraction of sp³-hybridized carbons (Fsp3) is 0.333. The zero-order valence-electron chi connectivity index (χ0n) is 6.92. The van der Waals surface area contributed by atoms with Crippen molar-refractivity contribution in [2.45, 2.75) is 12.5 Å². The average molecular weight is 230 g/mol. The average Bonchev–Trinajstić information content (AvgIpc) is 2.05. The third-order valence-corrected chi connectivity index (χ3v) is 2.39. The molecule has 0 aliphatic heterocycles. The highest BCUT2D eigenvalue weighted by Crippen LogP contribution is 2.20. The monoisotopic (exact) mass is 229 g/mol. The van der Waals surface area contributed by atoms with Gasteiger partial charge in [0.25, 0.3) is 0 Å². The summed E-state index contributed by atoms with van der Waals surface area (Å²) >= 11 is 3.32. The molecule has 0 heterocycles. The van der Waals surface area contributed by atoms with Crippen LogP contribution in [0.25, 0.3) is 0 Å². The smallest absolute Gasteiger partial charge is 0.0990 e. The molecule has 0 amide bonds. The first-order valence-corrected chi connectivity index (χ1v) is 4.54. The molecule has 0 aliphatic carbocycles. The van der Waals surface area contributed by atoms with Gasteiger partial charge in [0.1, 0.15) is 0 Å². The van der Waals surface area contributed by atoms with E-state index in [-0.39, 0.29) is 6.54 Å². The minimum atomic E-state index is -0.916. The van der Waals surface area contributed by atoms with Crippen LogP contribution in [0.4, 0.5) is 0 Å². The summed E-state index contributed by atoms with van der Waals surface area (Å²) < 4.78 is 0.999. The molecule has 1 rings (SSSR count). The van der Waals surface area contributed by atoms with Crippen molar-refractivity contribution in [1.82, 2.24) is 0 Å². The quantitative estimate of drug-likeness (QED) is 0.810. The first kappa shape index (κ1) is 9.71. The van der Waals surface area contributed by atoms with Crippen molar-refractivity contribution in [2.24, 2.45) is 5.73 Å². The van der Waals surface area contributed by atoms with E-state index >= 15 is 0 Å². The summed E-state index contributed by atoms with van der Waals surface area (Å²) in [6.07, 6.45) is 0. The van der Waals surface area contributed by atoms with E-state index in [2.05, 4.69) is 15.9 Å². The Hall–Kier alpha value is -0.380. The van der Waals surface area contributed by atoms with E-state index in [9.17, 15) is 5.11 Å². The lowest BCUT2D eigenvalue weighted by Gasteiger charge is -2.21. The third-order valence-electron chi connectivity index (χ3n) is 1.86. The molecule has 1 aromatic carbocycles. The van der Waals surface area contributed by atoms with Crippen molar-refractivity contribution < 1.29 is 5.11 Å². The van der Waals surface area contributed by atoms with Gasteiger partial charge in [0.15, 0.2) is 0 Å². The van der Waals surface area contributed by atoms with Crippen LogP contribution in [0.1, 0.15) is 12.5 Å². The molecular formula is C9H12BrNO. The molecule has 0 aliphatic rings. The molecule has 1 aromatic rings. The standard InChI is InChI=1S/C9H12BrNO/c1-9(12,6-11)7-2-4-8(10)5-3-7/h2-5,12H,6,11H2,1H3/t9-/m0/s1. The topological polar surface area (TPSA) is 46.2 Å². The van der Waals surface area contributed by atoms with Crippen molar-refractivity contribution in [1.29, 1.82) is 0 Å². The maximum absolute atomic E-state index is 9.75. The van der Waals surface area contributed by atoms with Crippen LogP contribution in [0.2, 0.25) is 0 Å². The van der Waals surface area contributed by atoms with Gasteiger partial charge in [0.05, 0.1) is 5.60 Å². The van der Waals surface area contributed by atoms with Gasteiger partial charge in [0.2, 0.25) is 0 Å². The van der Waals surface area contributed by atoms with Crippen molar-refractivity contribution in [3.63, 3.8) is 0 Å². The molecule has 12 heavy (non-hydrogen) atoms. The fourth-order valence-electron chi connectivity index (χ4n) is 0.927. The molecular weight excluding hydrogens is 218 g/mol.